The van der Waals surface area contributed by atoms with Crippen molar-refractivity contribution in [2.75, 3.05) is 5.32 Å². The minimum Gasteiger partial charge on any atom is -0.321 e. The predicted octanol–water partition coefficient (Wildman–Crippen LogP) is 4.05. The van der Waals surface area contributed by atoms with Gasteiger partial charge in [-0.15, -0.1) is 0 Å². The molecule has 1 aliphatic rings. The van der Waals surface area contributed by atoms with Crippen LogP contribution in [0.15, 0.2) is 48.5 Å². The van der Waals surface area contributed by atoms with Crippen molar-refractivity contribution in [1.29, 1.82) is 0 Å². The quantitative estimate of drug-likeness (QED) is 0.778. The standard InChI is InChI=1S/C16H12ClNO/c1-10-5-4-6-11(9-10)15(17)14-12-7-2-3-8-13(12)18-16(14)19/h2-9H,1H3,(H,18,19)/b15-14+. The molecular weight excluding hydrogens is 258 g/mol. The molecule has 0 atom stereocenters. The predicted molar refractivity (Wildman–Crippen MR) is 78.9 cm³/mol. The molecule has 0 aromatic heterocycles. The number of nitrogens with one attached hydrogen (secondary N) is 1. The molecule has 0 radical (unpaired) electrons. The number of halogens is 1. The molecule has 0 spiro atoms. The molecule has 1 aliphatic heterocycles. The van der Waals surface area contributed by atoms with Crippen molar-refractivity contribution in [1.82, 2.24) is 0 Å². The fraction of sp³-hybridized carbons (Fsp3) is 0.0625. The second-order valence-electron chi connectivity index (χ2n) is 4.56. The van der Waals surface area contributed by atoms with E-state index in [1.807, 2.05) is 55.5 Å². The maximum Gasteiger partial charge on any atom is 0.257 e. The van der Waals surface area contributed by atoms with Crippen LogP contribution in [0.1, 0.15) is 16.7 Å². The van der Waals surface area contributed by atoms with E-state index in [2.05, 4.69) is 5.32 Å². The Balaban J connectivity index is 2.20. The van der Waals surface area contributed by atoms with E-state index >= 15 is 0 Å². The summed E-state index contributed by atoms with van der Waals surface area (Å²) in [5.41, 5.74) is 4.20. The first-order valence-electron chi connectivity index (χ1n) is 6.04. The van der Waals surface area contributed by atoms with Gasteiger partial charge in [-0.1, -0.05) is 59.6 Å². The fourth-order valence-corrected chi connectivity index (χ4v) is 2.57. The molecular formula is C16H12ClNO. The van der Waals surface area contributed by atoms with Gasteiger partial charge in [0.2, 0.25) is 0 Å². The zero-order valence-corrected chi connectivity index (χ0v) is 11.2. The van der Waals surface area contributed by atoms with Gasteiger partial charge in [0, 0.05) is 11.3 Å². The Labute approximate surface area is 116 Å². The lowest BCUT2D eigenvalue weighted by atomic mass is 10.0. The Morgan fingerprint density at radius 3 is 2.68 bits per heavy atom. The fourth-order valence-electron chi connectivity index (χ4n) is 2.26. The summed E-state index contributed by atoms with van der Waals surface area (Å²) < 4.78 is 0. The van der Waals surface area contributed by atoms with Gasteiger partial charge in [0.1, 0.15) is 0 Å². The van der Waals surface area contributed by atoms with Gasteiger partial charge in [0.25, 0.3) is 5.91 Å². The van der Waals surface area contributed by atoms with E-state index < -0.39 is 0 Å². The van der Waals surface area contributed by atoms with Crippen molar-refractivity contribution in [2.24, 2.45) is 0 Å². The molecule has 0 saturated heterocycles. The van der Waals surface area contributed by atoms with Gasteiger partial charge < -0.3 is 5.32 Å². The van der Waals surface area contributed by atoms with E-state index in [1.54, 1.807) is 0 Å². The van der Waals surface area contributed by atoms with Crippen LogP contribution >= 0.6 is 11.6 Å². The Hall–Kier alpha value is -2.06. The highest BCUT2D eigenvalue weighted by Crippen LogP contribution is 2.38. The summed E-state index contributed by atoms with van der Waals surface area (Å²) in [6.45, 7) is 2.00. The van der Waals surface area contributed by atoms with Gasteiger partial charge in [0.15, 0.2) is 0 Å². The van der Waals surface area contributed by atoms with Crippen molar-refractivity contribution in [3.63, 3.8) is 0 Å². The number of rotatable bonds is 1. The zero-order valence-electron chi connectivity index (χ0n) is 10.4. The monoisotopic (exact) mass is 269 g/mol. The van der Waals surface area contributed by atoms with Crippen molar-refractivity contribution in [3.05, 3.63) is 65.2 Å². The summed E-state index contributed by atoms with van der Waals surface area (Å²) >= 11 is 6.43. The van der Waals surface area contributed by atoms with Crippen LogP contribution in [-0.2, 0) is 4.79 Å². The van der Waals surface area contributed by atoms with E-state index in [0.717, 1.165) is 22.4 Å². The smallest absolute Gasteiger partial charge is 0.257 e. The third-order valence-corrected chi connectivity index (χ3v) is 3.57. The summed E-state index contributed by atoms with van der Waals surface area (Å²) in [5, 5.41) is 3.32. The van der Waals surface area contributed by atoms with Gasteiger partial charge in [-0.25, -0.2) is 0 Å². The van der Waals surface area contributed by atoms with Crippen molar-refractivity contribution < 1.29 is 4.79 Å². The van der Waals surface area contributed by atoms with Crippen molar-refractivity contribution in [2.45, 2.75) is 6.92 Å². The van der Waals surface area contributed by atoms with Crippen LogP contribution in [0.5, 0.6) is 0 Å². The van der Waals surface area contributed by atoms with Crippen LogP contribution in [0.2, 0.25) is 0 Å². The lowest BCUT2D eigenvalue weighted by Crippen LogP contribution is -2.04. The topological polar surface area (TPSA) is 29.1 Å². The van der Waals surface area contributed by atoms with Crippen LogP contribution in [-0.4, -0.2) is 5.91 Å². The third kappa shape index (κ3) is 2.04. The molecule has 0 saturated carbocycles. The number of aryl methyl sites for hydroxylation is 1. The summed E-state index contributed by atoms with van der Waals surface area (Å²) in [6, 6.07) is 15.4. The molecule has 2 aromatic rings. The highest BCUT2D eigenvalue weighted by atomic mass is 35.5. The average Bonchev–Trinajstić information content (AvgIpc) is 2.74. The van der Waals surface area contributed by atoms with Crippen LogP contribution in [0.25, 0.3) is 10.6 Å². The van der Waals surface area contributed by atoms with Gasteiger partial charge in [0.05, 0.1) is 10.6 Å². The number of hydrogen-bond acceptors (Lipinski definition) is 1. The SMILES string of the molecule is Cc1cccc(/C(Cl)=C2\C(=O)Nc3ccccc32)c1. The third-order valence-electron chi connectivity index (χ3n) is 3.16. The molecule has 19 heavy (non-hydrogen) atoms. The highest BCUT2D eigenvalue weighted by Gasteiger charge is 2.26. The number of amides is 1. The first kappa shape index (κ1) is 12.0. The summed E-state index contributed by atoms with van der Waals surface area (Å²) in [6.07, 6.45) is 0. The number of carbonyl (C=O) groups excluding carboxylic acids is 1. The first-order chi connectivity index (χ1) is 9.16. The molecule has 0 aliphatic carbocycles. The van der Waals surface area contributed by atoms with Crippen LogP contribution < -0.4 is 5.32 Å². The largest absolute Gasteiger partial charge is 0.321 e. The number of carbonyl (C=O) groups is 1. The van der Waals surface area contributed by atoms with E-state index in [9.17, 15) is 4.79 Å². The van der Waals surface area contributed by atoms with E-state index in [-0.39, 0.29) is 5.91 Å². The molecule has 1 N–H and O–H groups in total. The summed E-state index contributed by atoms with van der Waals surface area (Å²) in [7, 11) is 0. The minimum absolute atomic E-state index is 0.146. The Kier molecular flexibility index (Phi) is 2.88. The maximum atomic E-state index is 12.1. The van der Waals surface area contributed by atoms with Gasteiger partial charge >= 0.3 is 0 Å². The molecule has 1 heterocycles. The lowest BCUT2D eigenvalue weighted by Gasteiger charge is -2.05. The van der Waals surface area contributed by atoms with Crippen LogP contribution in [0.4, 0.5) is 5.69 Å². The highest BCUT2D eigenvalue weighted by molar-refractivity contribution is 6.59. The molecule has 0 bridgehead atoms. The summed E-state index contributed by atoms with van der Waals surface area (Å²) in [4.78, 5) is 12.1. The van der Waals surface area contributed by atoms with Crippen molar-refractivity contribution >= 4 is 33.8 Å². The van der Waals surface area contributed by atoms with Gasteiger partial charge in [-0.3, -0.25) is 4.79 Å². The van der Waals surface area contributed by atoms with Crippen LogP contribution in [0, 0.1) is 6.92 Å². The molecule has 1 amide bonds. The molecule has 0 fully saturated rings. The number of para-hydroxylation sites is 1. The lowest BCUT2D eigenvalue weighted by molar-refractivity contribution is -0.110. The van der Waals surface area contributed by atoms with E-state index in [0.29, 0.717) is 10.6 Å². The number of hydrogen-bond donors (Lipinski definition) is 1. The first-order valence-corrected chi connectivity index (χ1v) is 6.42. The molecule has 3 heteroatoms. The van der Waals surface area contributed by atoms with Gasteiger partial charge in [-0.05, 0) is 18.6 Å². The Morgan fingerprint density at radius 2 is 1.89 bits per heavy atom. The second kappa shape index (κ2) is 4.56. The number of anilines is 1. The Bertz CT molecular complexity index is 703. The summed E-state index contributed by atoms with van der Waals surface area (Å²) in [5.74, 6) is -0.146. The van der Waals surface area contributed by atoms with Crippen molar-refractivity contribution in [3.8, 4) is 0 Å². The van der Waals surface area contributed by atoms with Gasteiger partial charge in [-0.2, -0.15) is 0 Å². The molecule has 3 rings (SSSR count). The van der Waals surface area contributed by atoms with E-state index in [4.69, 9.17) is 11.6 Å². The Morgan fingerprint density at radius 1 is 1.11 bits per heavy atom. The van der Waals surface area contributed by atoms with E-state index in [1.165, 1.54) is 0 Å². The molecule has 94 valence electrons. The normalized spacial score (nSPS) is 16.0. The second-order valence-corrected chi connectivity index (χ2v) is 4.94. The minimum atomic E-state index is -0.146. The number of benzene rings is 2. The molecule has 2 aromatic carbocycles. The number of fused-ring (bicyclic) bond motifs is 1. The molecule has 0 unspecified atom stereocenters. The van der Waals surface area contributed by atoms with Crippen LogP contribution in [0.3, 0.4) is 0 Å². The zero-order chi connectivity index (χ0) is 13.4. The maximum absolute atomic E-state index is 12.1. The average molecular weight is 270 g/mol. The molecule has 2 nitrogen and oxygen atoms in total.